The number of nitrogens with zero attached hydrogens (tertiary/aromatic N) is 3. The summed E-state index contributed by atoms with van der Waals surface area (Å²) in [5.41, 5.74) is 2.17. The van der Waals surface area contributed by atoms with Crippen LogP contribution in [0.4, 0.5) is 10.7 Å². The molecule has 4 rings (SSSR count). The molecule has 0 aliphatic rings. The Morgan fingerprint density at radius 1 is 1.06 bits per heavy atom. The van der Waals surface area contributed by atoms with Gasteiger partial charge in [0, 0.05) is 16.5 Å². The van der Waals surface area contributed by atoms with Gasteiger partial charge in [0.1, 0.15) is 11.5 Å². The van der Waals surface area contributed by atoms with Gasteiger partial charge in [0.2, 0.25) is 4.96 Å². The van der Waals surface area contributed by atoms with Crippen LogP contribution in [0.15, 0.2) is 53.9 Å². The van der Waals surface area contributed by atoms with Crippen LogP contribution in [-0.2, 0) is 4.74 Å². The Kier molecular flexibility index (Phi) is 5.80. The maximum atomic E-state index is 12.5. The molecule has 0 saturated heterocycles. The van der Waals surface area contributed by atoms with Gasteiger partial charge in [0.15, 0.2) is 0 Å². The van der Waals surface area contributed by atoms with Crippen LogP contribution in [0.2, 0.25) is 0 Å². The van der Waals surface area contributed by atoms with Gasteiger partial charge in [0.05, 0.1) is 19.4 Å². The molecule has 1 N–H and O–H groups in total. The number of benzene rings is 2. The molecule has 0 aliphatic heterocycles. The summed E-state index contributed by atoms with van der Waals surface area (Å²) in [7, 11) is 1.62. The fourth-order valence-corrected chi connectivity index (χ4v) is 3.62. The lowest BCUT2D eigenvalue weighted by Gasteiger charge is -2.05. The largest absolute Gasteiger partial charge is 0.513 e. The second-order valence-corrected chi connectivity index (χ2v) is 7.08. The van der Waals surface area contributed by atoms with Crippen LogP contribution in [0.3, 0.4) is 0 Å². The van der Waals surface area contributed by atoms with Gasteiger partial charge in [-0.1, -0.05) is 0 Å². The first kappa shape index (κ1) is 20.4. The summed E-state index contributed by atoms with van der Waals surface area (Å²) in [6.07, 6.45) is -0.797. The smallest absolute Gasteiger partial charge is 0.497 e. The fourth-order valence-electron chi connectivity index (χ4n) is 2.79. The zero-order valence-electron chi connectivity index (χ0n) is 16.7. The lowest BCUT2D eigenvalue weighted by atomic mass is 10.2. The highest BCUT2D eigenvalue weighted by Crippen LogP contribution is 2.27. The number of amides is 1. The van der Waals surface area contributed by atoms with Gasteiger partial charge in [-0.3, -0.25) is 10.1 Å². The van der Waals surface area contributed by atoms with E-state index in [2.05, 4.69) is 15.4 Å². The van der Waals surface area contributed by atoms with E-state index in [0.29, 0.717) is 10.5 Å². The van der Waals surface area contributed by atoms with E-state index in [1.807, 2.05) is 29.6 Å². The van der Waals surface area contributed by atoms with Crippen molar-refractivity contribution in [3.05, 3.63) is 59.5 Å². The Hall–Kier alpha value is -3.92. The first-order valence-electron chi connectivity index (χ1n) is 9.32. The molecular formula is C21H18N4O5S. The van der Waals surface area contributed by atoms with Crippen molar-refractivity contribution < 1.29 is 23.8 Å². The molecule has 31 heavy (non-hydrogen) atoms. The van der Waals surface area contributed by atoms with Crippen LogP contribution in [0, 0.1) is 0 Å². The molecule has 2 heterocycles. The van der Waals surface area contributed by atoms with Crippen molar-refractivity contribution in [2.75, 3.05) is 19.0 Å². The Morgan fingerprint density at radius 3 is 2.45 bits per heavy atom. The summed E-state index contributed by atoms with van der Waals surface area (Å²) in [5, 5.41) is 9.03. The summed E-state index contributed by atoms with van der Waals surface area (Å²) >= 11 is 1.42. The van der Waals surface area contributed by atoms with Crippen molar-refractivity contribution in [1.29, 1.82) is 0 Å². The molecule has 0 fully saturated rings. The molecule has 1 amide bonds. The SMILES string of the molecule is CCOC(=O)Oc1ccc(C(=O)Nc2nc3scc(-c4ccc(OC)cc4)n3n2)cc1. The molecule has 4 aromatic rings. The number of ether oxygens (including phenoxy) is 3. The molecule has 2 aromatic heterocycles. The summed E-state index contributed by atoms with van der Waals surface area (Å²) < 4.78 is 16.6. The third-order valence-corrected chi connectivity index (χ3v) is 5.09. The topological polar surface area (TPSA) is 104 Å². The van der Waals surface area contributed by atoms with Crippen molar-refractivity contribution >= 4 is 34.3 Å². The van der Waals surface area contributed by atoms with Crippen LogP contribution in [0.25, 0.3) is 16.2 Å². The van der Waals surface area contributed by atoms with Crippen LogP contribution in [0.1, 0.15) is 17.3 Å². The number of anilines is 1. The Morgan fingerprint density at radius 2 is 1.77 bits per heavy atom. The average Bonchev–Trinajstić information content (AvgIpc) is 3.34. The highest BCUT2D eigenvalue weighted by atomic mass is 32.1. The summed E-state index contributed by atoms with van der Waals surface area (Å²) in [5.74, 6) is 0.852. The van der Waals surface area contributed by atoms with Crippen LogP contribution in [0.5, 0.6) is 11.5 Å². The molecule has 158 valence electrons. The van der Waals surface area contributed by atoms with Gasteiger partial charge >= 0.3 is 6.16 Å². The minimum absolute atomic E-state index is 0.193. The predicted molar refractivity (Wildman–Crippen MR) is 115 cm³/mol. The third kappa shape index (κ3) is 4.48. The molecule has 2 aromatic carbocycles. The third-order valence-electron chi connectivity index (χ3n) is 4.27. The Labute approximate surface area is 181 Å². The number of carbonyl (C=O) groups is 2. The number of methoxy groups -OCH3 is 1. The van der Waals surface area contributed by atoms with Crippen molar-refractivity contribution in [2.45, 2.75) is 6.92 Å². The number of rotatable bonds is 6. The highest BCUT2D eigenvalue weighted by molar-refractivity contribution is 7.15. The number of nitrogens with one attached hydrogen (secondary N) is 1. The van der Waals surface area contributed by atoms with E-state index in [1.165, 1.54) is 35.6 Å². The van der Waals surface area contributed by atoms with Gasteiger partial charge in [-0.2, -0.15) is 4.98 Å². The number of fused-ring (bicyclic) bond motifs is 1. The molecule has 0 aliphatic carbocycles. The summed E-state index contributed by atoms with van der Waals surface area (Å²) in [6, 6.07) is 13.7. The standard InChI is InChI=1S/C21H18N4O5S/c1-3-29-21(27)30-16-10-6-14(7-11-16)18(26)22-19-23-20-25(24-19)17(12-31-20)13-4-8-15(28-2)9-5-13/h4-12H,3H2,1-2H3,(H,22,24,26). The molecule has 0 spiro atoms. The number of hydrogen-bond donors (Lipinski definition) is 1. The minimum atomic E-state index is -0.797. The van der Waals surface area contributed by atoms with Crippen molar-refractivity contribution in [3.8, 4) is 22.8 Å². The van der Waals surface area contributed by atoms with Gasteiger partial charge in [-0.25, -0.2) is 9.31 Å². The molecule has 9 nitrogen and oxygen atoms in total. The van der Waals surface area contributed by atoms with Crippen LogP contribution >= 0.6 is 11.3 Å². The first-order valence-corrected chi connectivity index (χ1v) is 10.2. The molecule has 0 saturated carbocycles. The fraction of sp³-hybridized carbons (Fsp3) is 0.143. The minimum Gasteiger partial charge on any atom is -0.497 e. The molecule has 0 unspecified atom stereocenters. The van der Waals surface area contributed by atoms with E-state index < -0.39 is 6.16 Å². The molecule has 0 bridgehead atoms. The predicted octanol–water partition coefficient (Wildman–Crippen LogP) is 4.25. The normalized spacial score (nSPS) is 10.6. The van der Waals surface area contributed by atoms with Gasteiger partial charge in [-0.15, -0.1) is 16.4 Å². The van der Waals surface area contributed by atoms with E-state index in [9.17, 15) is 9.59 Å². The van der Waals surface area contributed by atoms with Crippen molar-refractivity contribution in [3.63, 3.8) is 0 Å². The molecular weight excluding hydrogens is 420 g/mol. The van der Waals surface area contributed by atoms with Gasteiger partial charge in [0.25, 0.3) is 11.9 Å². The van der Waals surface area contributed by atoms with Crippen LogP contribution < -0.4 is 14.8 Å². The van der Waals surface area contributed by atoms with E-state index in [4.69, 9.17) is 14.2 Å². The van der Waals surface area contributed by atoms with Gasteiger partial charge in [-0.05, 0) is 55.5 Å². The average molecular weight is 438 g/mol. The molecule has 0 atom stereocenters. The van der Waals surface area contributed by atoms with E-state index in [1.54, 1.807) is 18.5 Å². The van der Waals surface area contributed by atoms with Crippen molar-refractivity contribution in [1.82, 2.24) is 14.6 Å². The lowest BCUT2D eigenvalue weighted by Crippen LogP contribution is -2.13. The number of thiazole rings is 1. The highest BCUT2D eigenvalue weighted by Gasteiger charge is 2.15. The molecule has 10 heteroatoms. The zero-order chi connectivity index (χ0) is 21.8. The molecule has 0 radical (unpaired) electrons. The van der Waals surface area contributed by atoms with E-state index in [-0.39, 0.29) is 24.2 Å². The van der Waals surface area contributed by atoms with Gasteiger partial charge < -0.3 is 14.2 Å². The van der Waals surface area contributed by atoms with E-state index >= 15 is 0 Å². The first-order chi connectivity index (χ1) is 15.1. The van der Waals surface area contributed by atoms with Crippen LogP contribution in [-0.4, -0.2) is 40.4 Å². The quantitative estimate of drug-likeness (QED) is 0.354. The summed E-state index contributed by atoms with van der Waals surface area (Å²) in [6.45, 7) is 1.90. The number of aromatic nitrogens is 3. The monoisotopic (exact) mass is 438 g/mol. The number of hydrogen-bond acceptors (Lipinski definition) is 8. The maximum absolute atomic E-state index is 12.5. The number of carbonyl (C=O) groups excluding carboxylic acids is 2. The second-order valence-electron chi connectivity index (χ2n) is 6.24. The van der Waals surface area contributed by atoms with Crippen molar-refractivity contribution in [2.24, 2.45) is 0 Å². The maximum Gasteiger partial charge on any atom is 0.513 e. The van der Waals surface area contributed by atoms with E-state index in [0.717, 1.165) is 17.0 Å². The Balaban J connectivity index is 1.47. The lowest BCUT2D eigenvalue weighted by molar-refractivity contribution is 0.102. The second kappa shape index (κ2) is 8.84. The zero-order valence-corrected chi connectivity index (χ0v) is 17.5. The Bertz CT molecular complexity index is 1220. The summed E-state index contributed by atoms with van der Waals surface area (Å²) in [4.78, 5) is 28.9.